The summed E-state index contributed by atoms with van der Waals surface area (Å²) in [5.74, 6) is -0.338. The molecule has 27 heavy (non-hydrogen) atoms. The van der Waals surface area contributed by atoms with Crippen LogP contribution < -0.4 is 10.2 Å². The highest BCUT2D eigenvalue weighted by Crippen LogP contribution is 2.18. The fraction of sp³-hybridized carbons (Fsp3) is 0.286. The molecule has 0 bridgehead atoms. The Bertz CT molecular complexity index is 800. The molecule has 0 saturated carbocycles. The molecule has 0 heterocycles. The minimum Gasteiger partial charge on any atom is -0.350 e. The van der Waals surface area contributed by atoms with Gasteiger partial charge in [0.05, 0.1) is 18.5 Å². The lowest BCUT2D eigenvalue weighted by molar-refractivity contribution is -0.125. The fourth-order valence-electron chi connectivity index (χ4n) is 2.67. The minimum atomic E-state index is -0.174. The van der Waals surface area contributed by atoms with Gasteiger partial charge in [-0.15, -0.1) is 0 Å². The molecule has 0 saturated heterocycles. The van der Waals surface area contributed by atoms with E-state index in [0.29, 0.717) is 6.54 Å². The van der Waals surface area contributed by atoms with Gasteiger partial charge in [-0.3, -0.25) is 9.59 Å². The Kier molecular flexibility index (Phi) is 8.02. The first kappa shape index (κ1) is 20.7. The molecular formula is C21H22BrN3O2. The maximum atomic E-state index is 12.6. The largest absolute Gasteiger partial charge is 0.350 e. The number of benzene rings is 2. The number of carbonyl (C=O) groups excluding carboxylic acids is 2. The number of para-hydroxylation sites is 1. The second-order valence-electron chi connectivity index (χ2n) is 6.13. The van der Waals surface area contributed by atoms with Gasteiger partial charge in [-0.05, 0) is 36.8 Å². The first-order valence-electron chi connectivity index (χ1n) is 8.78. The van der Waals surface area contributed by atoms with Gasteiger partial charge in [0.25, 0.3) is 0 Å². The second-order valence-corrected chi connectivity index (χ2v) is 7.05. The zero-order valence-electron chi connectivity index (χ0n) is 15.2. The number of hydrogen-bond acceptors (Lipinski definition) is 3. The van der Waals surface area contributed by atoms with Crippen LogP contribution in [0.25, 0.3) is 0 Å². The van der Waals surface area contributed by atoms with Crippen molar-refractivity contribution in [1.82, 2.24) is 5.32 Å². The van der Waals surface area contributed by atoms with Gasteiger partial charge in [0.2, 0.25) is 11.8 Å². The number of nitrogens with one attached hydrogen (secondary N) is 1. The molecule has 0 aliphatic heterocycles. The molecule has 6 heteroatoms. The van der Waals surface area contributed by atoms with Gasteiger partial charge in [0.15, 0.2) is 0 Å². The number of carbonyl (C=O) groups is 2. The van der Waals surface area contributed by atoms with Crippen LogP contribution in [0.3, 0.4) is 0 Å². The Morgan fingerprint density at radius 3 is 2.41 bits per heavy atom. The monoisotopic (exact) mass is 427 g/mol. The molecule has 0 fully saturated rings. The second kappa shape index (κ2) is 10.5. The molecule has 1 unspecified atom stereocenters. The van der Waals surface area contributed by atoms with E-state index in [4.69, 9.17) is 5.26 Å². The van der Waals surface area contributed by atoms with Gasteiger partial charge in [-0.1, -0.05) is 46.3 Å². The number of halogens is 1. The Hall–Kier alpha value is -2.65. The third-order valence-electron chi connectivity index (χ3n) is 4.13. The van der Waals surface area contributed by atoms with E-state index in [0.717, 1.165) is 15.7 Å². The van der Waals surface area contributed by atoms with Crippen molar-refractivity contribution in [2.24, 2.45) is 0 Å². The number of amides is 2. The average molecular weight is 428 g/mol. The molecule has 0 aliphatic carbocycles. The maximum absolute atomic E-state index is 12.6. The van der Waals surface area contributed by atoms with Crippen molar-refractivity contribution < 1.29 is 9.59 Å². The van der Waals surface area contributed by atoms with E-state index in [2.05, 4.69) is 27.3 Å². The first-order valence-corrected chi connectivity index (χ1v) is 9.57. The van der Waals surface area contributed by atoms with Crippen molar-refractivity contribution in [3.05, 3.63) is 64.6 Å². The van der Waals surface area contributed by atoms with Crippen LogP contribution in [-0.2, 0) is 9.59 Å². The van der Waals surface area contributed by atoms with E-state index < -0.39 is 0 Å². The van der Waals surface area contributed by atoms with Crippen LogP contribution in [0.5, 0.6) is 0 Å². The topological polar surface area (TPSA) is 73.2 Å². The number of rotatable bonds is 8. The molecule has 2 aromatic rings. The summed E-state index contributed by atoms with van der Waals surface area (Å²) < 4.78 is 0.980. The van der Waals surface area contributed by atoms with Gasteiger partial charge < -0.3 is 10.2 Å². The fourth-order valence-corrected chi connectivity index (χ4v) is 2.94. The van der Waals surface area contributed by atoms with Crippen LogP contribution in [0.1, 0.15) is 37.8 Å². The lowest BCUT2D eigenvalue weighted by Gasteiger charge is -2.22. The van der Waals surface area contributed by atoms with Crippen LogP contribution in [0, 0.1) is 11.3 Å². The zero-order valence-corrected chi connectivity index (χ0v) is 16.8. The third-order valence-corrected chi connectivity index (χ3v) is 4.66. The molecule has 0 radical (unpaired) electrons. The number of nitrogens with zero attached hydrogens (tertiary/aromatic N) is 2. The normalized spacial score (nSPS) is 11.3. The highest BCUT2D eigenvalue weighted by molar-refractivity contribution is 9.10. The Labute approximate surface area is 168 Å². The van der Waals surface area contributed by atoms with E-state index in [1.807, 2.05) is 61.5 Å². The number of nitriles is 1. The standard InChI is InChI=1S/C21H22BrN3O2/c1-16(17-8-10-18(22)11-9-17)24-20(26)12-13-21(27)25(15-5-14-23)19-6-3-2-4-7-19/h2-4,6-11,16H,5,12-13,15H2,1H3,(H,24,26). The van der Waals surface area contributed by atoms with Crippen molar-refractivity contribution in [2.45, 2.75) is 32.2 Å². The van der Waals surface area contributed by atoms with Gasteiger partial charge in [0, 0.05) is 29.5 Å². The van der Waals surface area contributed by atoms with E-state index in [1.54, 1.807) is 4.90 Å². The van der Waals surface area contributed by atoms with Gasteiger partial charge in [-0.25, -0.2) is 0 Å². The van der Waals surface area contributed by atoms with Crippen molar-refractivity contribution in [3.63, 3.8) is 0 Å². The van der Waals surface area contributed by atoms with Crippen LogP contribution in [0.2, 0.25) is 0 Å². The van der Waals surface area contributed by atoms with Crippen molar-refractivity contribution in [2.75, 3.05) is 11.4 Å². The molecule has 0 aliphatic rings. The van der Waals surface area contributed by atoms with Crippen molar-refractivity contribution in [1.29, 1.82) is 5.26 Å². The average Bonchev–Trinajstić information content (AvgIpc) is 2.68. The van der Waals surface area contributed by atoms with Crippen molar-refractivity contribution in [3.8, 4) is 6.07 Å². The summed E-state index contributed by atoms with van der Waals surface area (Å²) >= 11 is 3.39. The molecule has 0 aromatic heterocycles. The Balaban J connectivity index is 1.91. The summed E-state index contributed by atoms with van der Waals surface area (Å²) in [5.41, 5.74) is 1.74. The first-order chi connectivity index (χ1) is 13.0. The lowest BCUT2D eigenvalue weighted by atomic mass is 10.1. The summed E-state index contributed by atoms with van der Waals surface area (Å²) in [6, 6.07) is 18.9. The minimum absolute atomic E-state index is 0.0964. The van der Waals surface area contributed by atoms with Crippen LogP contribution >= 0.6 is 15.9 Å². The summed E-state index contributed by atoms with van der Waals surface area (Å²) in [6.07, 6.45) is 0.447. The molecule has 2 amide bonds. The maximum Gasteiger partial charge on any atom is 0.227 e. The molecule has 2 aromatic carbocycles. The highest BCUT2D eigenvalue weighted by Gasteiger charge is 2.17. The van der Waals surface area contributed by atoms with E-state index in [-0.39, 0.29) is 37.1 Å². The summed E-state index contributed by atoms with van der Waals surface area (Å²) in [4.78, 5) is 26.4. The van der Waals surface area contributed by atoms with Crippen LogP contribution in [-0.4, -0.2) is 18.4 Å². The predicted octanol–water partition coefficient (Wildman–Crippen LogP) is 4.35. The van der Waals surface area contributed by atoms with E-state index in [1.165, 1.54) is 0 Å². The van der Waals surface area contributed by atoms with E-state index in [9.17, 15) is 9.59 Å². The van der Waals surface area contributed by atoms with Crippen LogP contribution in [0.4, 0.5) is 5.69 Å². The molecule has 1 N–H and O–H groups in total. The summed E-state index contributed by atoms with van der Waals surface area (Å²) in [5, 5.41) is 11.7. The quantitative estimate of drug-likeness (QED) is 0.679. The number of hydrogen-bond donors (Lipinski definition) is 1. The summed E-state index contributed by atoms with van der Waals surface area (Å²) in [6.45, 7) is 2.22. The van der Waals surface area contributed by atoms with E-state index >= 15 is 0 Å². The number of anilines is 1. The highest BCUT2D eigenvalue weighted by atomic mass is 79.9. The predicted molar refractivity (Wildman–Crippen MR) is 109 cm³/mol. The smallest absolute Gasteiger partial charge is 0.227 e. The zero-order chi connectivity index (χ0) is 19.6. The Morgan fingerprint density at radius 1 is 1.11 bits per heavy atom. The molecule has 2 rings (SSSR count). The van der Waals surface area contributed by atoms with Gasteiger partial charge in [-0.2, -0.15) is 5.26 Å². The summed E-state index contributed by atoms with van der Waals surface area (Å²) in [7, 11) is 0. The van der Waals surface area contributed by atoms with Crippen LogP contribution in [0.15, 0.2) is 59.1 Å². The SMILES string of the molecule is CC(NC(=O)CCC(=O)N(CCC#N)c1ccccc1)c1ccc(Br)cc1. The molecular weight excluding hydrogens is 406 g/mol. The van der Waals surface area contributed by atoms with Crippen molar-refractivity contribution >= 4 is 33.4 Å². The van der Waals surface area contributed by atoms with Gasteiger partial charge in [0.1, 0.15) is 0 Å². The lowest BCUT2D eigenvalue weighted by Crippen LogP contribution is -2.33. The molecule has 5 nitrogen and oxygen atoms in total. The third kappa shape index (κ3) is 6.54. The molecule has 140 valence electrons. The Morgan fingerprint density at radius 2 is 1.78 bits per heavy atom. The molecule has 0 spiro atoms. The molecule has 1 atom stereocenters. The van der Waals surface area contributed by atoms with Gasteiger partial charge >= 0.3 is 0 Å².